The number of furan rings is 1. The van der Waals surface area contributed by atoms with E-state index < -0.39 is 10.0 Å². The van der Waals surface area contributed by atoms with Crippen molar-refractivity contribution < 1.29 is 17.6 Å². The van der Waals surface area contributed by atoms with Gasteiger partial charge in [-0.15, -0.1) is 0 Å². The number of urea groups is 1. The molecule has 0 aliphatic rings. The average Bonchev–Trinajstić information content (AvgIpc) is 3.00. The van der Waals surface area contributed by atoms with Crippen molar-refractivity contribution in [3.63, 3.8) is 0 Å². The van der Waals surface area contributed by atoms with Crippen LogP contribution in [0.1, 0.15) is 30.0 Å². The van der Waals surface area contributed by atoms with E-state index in [1.165, 1.54) is 19.2 Å². The molecule has 3 N–H and O–H groups in total. The first kappa shape index (κ1) is 18.0. The van der Waals surface area contributed by atoms with Crippen LogP contribution in [0, 0.1) is 6.92 Å². The summed E-state index contributed by atoms with van der Waals surface area (Å²) >= 11 is 0. The summed E-state index contributed by atoms with van der Waals surface area (Å²) in [4.78, 5) is 12.1. The predicted molar refractivity (Wildman–Crippen MR) is 89.9 cm³/mol. The number of sulfonamides is 1. The minimum atomic E-state index is -3.45. The maximum absolute atomic E-state index is 11.9. The highest BCUT2D eigenvalue weighted by atomic mass is 32.2. The third-order valence-electron chi connectivity index (χ3n) is 3.49. The van der Waals surface area contributed by atoms with Gasteiger partial charge in [0, 0.05) is 6.54 Å². The van der Waals surface area contributed by atoms with Crippen molar-refractivity contribution in [2.75, 3.05) is 7.05 Å². The number of carbonyl (C=O) groups excluding carboxylic acids is 1. The molecule has 7 nitrogen and oxygen atoms in total. The van der Waals surface area contributed by atoms with E-state index in [0.29, 0.717) is 5.76 Å². The van der Waals surface area contributed by atoms with Crippen molar-refractivity contribution in [3.05, 3.63) is 53.5 Å². The summed E-state index contributed by atoms with van der Waals surface area (Å²) in [7, 11) is -2.09. The first-order chi connectivity index (χ1) is 11.3. The number of aryl methyl sites for hydroxylation is 1. The smallest absolute Gasteiger partial charge is 0.315 e. The maximum Gasteiger partial charge on any atom is 0.315 e. The minimum absolute atomic E-state index is 0.181. The molecule has 1 heterocycles. The van der Waals surface area contributed by atoms with Crippen molar-refractivity contribution in [1.29, 1.82) is 0 Å². The molecule has 2 rings (SSSR count). The minimum Gasteiger partial charge on any atom is -0.464 e. The van der Waals surface area contributed by atoms with Crippen LogP contribution in [0.15, 0.2) is 45.7 Å². The van der Waals surface area contributed by atoms with Crippen molar-refractivity contribution in [3.8, 4) is 0 Å². The van der Waals surface area contributed by atoms with Gasteiger partial charge in [-0.2, -0.15) is 0 Å². The number of hydrogen-bond donors (Lipinski definition) is 3. The Labute approximate surface area is 141 Å². The lowest BCUT2D eigenvalue weighted by molar-refractivity contribution is 0.235. The molecule has 1 unspecified atom stereocenters. The Balaban J connectivity index is 1.87. The molecule has 0 saturated heterocycles. The fourth-order valence-corrected chi connectivity index (χ4v) is 2.82. The van der Waals surface area contributed by atoms with Gasteiger partial charge in [0.1, 0.15) is 11.5 Å². The second-order valence-corrected chi connectivity index (χ2v) is 7.24. The molecule has 0 saturated carbocycles. The van der Waals surface area contributed by atoms with Crippen LogP contribution in [0.3, 0.4) is 0 Å². The second-order valence-electron chi connectivity index (χ2n) is 5.35. The predicted octanol–water partition coefficient (Wildman–Crippen LogP) is 2.06. The van der Waals surface area contributed by atoms with Gasteiger partial charge in [-0.1, -0.05) is 12.1 Å². The zero-order valence-corrected chi connectivity index (χ0v) is 14.6. The summed E-state index contributed by atoms with van der Waals surface area (Å²) in [6, 6.07) is 9.38. The molecule has 0 aliphatic heterocycles. The molecule has 0 bridgehead atoms. The van der Waals surface area contributed by atoms with Gasteiger partial charge in [-0.05, 0) is 50.7 Å². The Bertz CT molecular complexity index is 797. The third kappa shape index (κ3) is 4.59. The molecular formula is C16H21N3O4S. The van der Waals surface area contributed by atoms with E-state index in [1.807, 2.05) is 26.0 Å². The number of hydrogen-bond acceptors (Lipinski definition) is 4. The second kappa shape index (κ2) is 7.50. The van der Waals surface area contributed by atoms with Gasteiger partial charge in [0.25, 0.3) is 0 Å². The summed E-state index contributed by atoms with van der Waals surface area (Å²) in [5, 5.41) is 5.50. The van der Waals surface area contributed by atoms with Crippen LogP contribution >= 0.6 is 0 Å². The molecule has 0 radical (unpaired) electrons. The molecular weight excluding hydrogens is 330 g/mol. The Morgan fingerprint density at radius 1 is 1.17 bits per heavy atom. The number of carbonyl (C=O) groups is 1. The first-order valence-electron chi connectivity index (χ1n) is 7.45. The summed E-state index contributed by atoms with van der Waals surface area (Å²) in [5.74, 6) is 1.47. The lowest BCUT2D eigenvalue weighted by atomic mass is 10.2. The SMILES string of the molecule is CNS(=O)(=O)c1ccc(CNC(=O)NC(C)c2ccc(C)o2)cc1. The van der Waals surface area contributed by atoms with Gasteiger partial charge in [-0.3, -0.25) is 0 Å². The fourth-order valence-electron chi connectivity index (χ4n) is 2.09. The Hall–Kier alpha value is -2.32. The third-order valence-corrected chi connectivity index (χ3v) is 4.92. The maximum atomic E-state index is 11.9. The van der Waals surface area contributed by atoms with E-state index in [0.717, 1.165) is 11.3 Å². The van der Waals surface area contributed by atoms with Crippen LogP contribution in [0.4, 0.5) is 4.79 Å². The molecule has 24 heavy (non-hydrogen) atoms. The molecule has 2 amide bonds. The van der Waals surface area contributed by atoms with Crippen molar-refractivity contribution in [2.24, 2.45) is 0 Å². The molecule has 8 heteroatoms. The highest BCUT2D eigenvalue weighted by Gasteiger charge is 2.13. The quantitative estimate of drug-likeness (QED) is 0.741. The van der Waals surface area contributed by atoms with Gasteiger partial charge in [0.05, 0.1) is 10.9 Å². The molecule has 0 aliphatic carbocycles. The van der Waals surface area contributed by atoms with Crippen LogP contribution in [0.2, 0.25) is 0 Å². The Morgan fingerprint density at radius 2 is 1.83 bits per heavy atom. The van der Waals surface area contributed by atoms with E-state index in [9.17, 15) is 13.2 Å². The number of benzene rings is 1. The molecule has 1 aromatic carbocycles. The van der Waals surface area contributed by atoms with Gasteiger partial charge in [-0.25, -0.2) is 17.9 Å². The average molecular weight is 351 g/mol. The van der Waals surface area contributed by atoms with Crippen molar-refractivity contribution >= 4 is 16.1 Å². The van der Waals surface area contributed by atoms with Crippen molar-refractivity contribution in [2.45, 2.75) is 31.3 Å². The van der Waals surface area contributed by atoms with Crippen molar-refractivity contribution in [1.82, 2.24) is 15.4 Å². The monoisotopic (exact) mass is 351 g/mol. The topological polar surface area (TPSA) is 100 Å². The number of nitrogens with one attached hydrogen (secondary N) is 3. The van der Waals surface area contributed by atoms with Gasteiger partial charge in [0.2, 0.25) is 10.0 Å². The highest BCUT2D eigenvalue weighted by Crippen LogP contribution is 2.15. The molecule has 2 aromatic rings. The summed E-state index contributed by atoms with van der Waals surface area (Å²) in [6.07, 6.45) is 0. The lowest BCUT2D eigenvalue weighted by Crippen LogP contribution is -2.36. The molecule has 0 spiro atoms. The van der Waals surface area contributed by atoms with Crippen LogP contribution in [0.5, 0.6) is 0 Å². The highest BCUT2D eigenvalue weighted by molar-refractivity contribution is 7.89. The van der Waals surface area contributed by atoms with E-state index in [2.05, 4.69) is 15.4 Å². The molecule has 130 valence electrons. The number of rotatable bonds is 6. The standard InChI is InChI=1S/C16H21N3O4S/c1-11-4-9-15(23-11)12(2)19-16(20)18-10-13-5-7-14(8-6-13)24(21,22)17-3/h4-9,12,17H,10H2,1-3H3,(H2,18,19,20). The summed E-state index contributed by atoms with van der Waals surface area (Å²) in [5.41, 5.74) is 0.793. The van der Waals surface area contributed by atoms with E-state index >= 15 is 0 Å². The van der Waals surface area contributed by atoms with E-state index in [4.69, 9.17) is 4.42 Å². The first-order valence-corrected chi connectivity index (χ1v) is 8.93. The van der Waals surface area contributed by atoms with Gasteiger partial charge >= 0.3 is 6.03 Å². The lowest BCUT2D eigenvalue weighted by Gasteiger charge is -2.13. The van der Waals surface area contributed by atoms with Crippen LogP contribution < -0.4 is 15.4 Å². The molecule has 1 atom stereocenters. The normalized spacial score (nSPS) is 12.6. The van der Waals surface area contributed by atoms with E-state index in [-0.39, 0.29) is 23.5 Å². The number of amides is 2. The van der Waals surface area contributed by atoms with Gasteiger partial charge < -0.3 is 15.1 Å². The summed E-state index contributed by atoms with van der Waals surface area (Å²) < 4.78 is 31.0. The van der Waals surface area contributed by atoms with Crippen LogP contribution in [-0.4, -0.2) is 21.5 Å². The van der Waals surface area contributed by atoms with Crippen LogP contribution in [0.25, 0.3) is 0 Å². The summed E-state index contributed by atoms with van der Waals surface area (Å²) in [6.45, 7) is 3.96. The van der Waals surface area contributed by atoms with Gasteiger partial charge in [0.15, 0.2) is 0 Å². The largest absolute Gasteiger partial charge is 0.464 e. The Morgan fingerprint density at radius 3 is 2.38 bits per heavy atom. The Kier molecular flexibility index (Phi) is 5.63. The zero-order valence-electron chi connectivity index (χ0n) is 13.8. The van der Waals surface area contributed by atoms with E-state index in [1.54, 1.807) is 12.1 Å². The molecule has 1 aromatic heterocycles. The molecule has 0 fully saturated rings. The fraction of sp³-hybridized carbons (Fsp3) is 0.312. The zero-order chi connectivity index (χ0) is 17.7. The van der Waals surface area contributed by atoms with Crippen LogP contribution in [-0.2, 0) is 16.6 Å².